The van der Waals surface area contributed by atoms with Crippen LogP contribution in [0.5, 0.6) is 11.5 Å². The maximum atomic E-state index is 14.4. The molecule has 188 valence electrons. The SMILES string of the molecule is CCS(=O)(=O)Nc1ccc(Oc2ccc(F)cc2F)c(-c2cn(C)c3c(=O)[nH]c(C(=O)NC)cc23)c1. The van der Waals surface area contributed by atoms with Crippen LogP contribution in [0.1, 0.15) is 17.4 Å². The Hall–Kier alpha value is -4.19. The second-order valence-electron chi connectivity index (χ2n) is 7.90. The number of hydrogen-bond donors (Lipinski definition) is 3. The van der Waals surface area contributed by atoms with E-state index in [9.17, 15) is 26.8 Å². The summed E-state index contributed by atoms with van der Waals surface area (Å²) in [5.41, 5.74) is 0.656. The molecule has 3 N–H and O–H groups in total. The van der Waals surface area contributed by atoms with E-state index >= 15 is 0 Å². The number of carbonyl (C=O) groups excluding carboxylic acids is 1. The van der Waals surface area contributed by atoms with E-state index in [1.165, 1.54) is 38.2 Å². The summed E-state index contributed by atoms with van der Waals surface area (Å²) in [4.78, 5) is 27.5. The molecule has 0 bridgehead atoms. The maximum Gasteiger partial charge on any atom is 0.273 e. The molecule has 9 nitrogen and oxygen atoms in total. The molecule has 0 atom stereocenters. The lowest BCUT2D eigenvalue weighted by molar-refractivity contribution is 0.0958. The summed E-state index contributed by atoms with van der Waals surface area (Å²) < 4.78 is 61.8. The molecule has 0 aliphatic carbocycles. The number of nitrogens with zero attached hydrogens (tertiary/aromatic N) is 1. The summed E-state index contributed by atoms with van der Waals surface area (Å²) in [6, 6.07) is 8.65. The van der Waals surface area contributed by atoms with Gasteiger partial charge in [-0.1, -0.05) is 0 Å². The number of sulfonamides is 1. The van der Waals surface area contributed by atoms with E-state index in [4.69, 9.17) is 4.74 Å². The van der Waals surface area contributed by atoms with Crippen LogP contribution in [0, 0.1) is 11.6 Å². The molecule has 0 spiro atoms. The minimum absolute atomic E-state index is 0.0114. The standard InChI is InChI=1S/C24H22F2N4O5S/c1-4-36(33,34)29-14-6-8-20(35-21-7-5-13(25)9-18(21)26)15(10-14)17-12-30(3)22-16(17)11-19(23(31)27-2)28-24(22)32/h5-12,29H,4H2,1-3H3,(H,27,31)(H,28,32). The van der Waals surface area contributed by atoms with Gasteiger partial charge in [-0.3, -0.25) is 14.3 Å². The molecule has 0 saturated heterocycles. The number of nitrogens with one attached hydrogen (secondary N) is 3. The average molecular weight is 517 g/mol. The number of pyridine rings is 1. The zero-order valence-electron chi connectivity index (χ0n) is 19.5. The highest BCUT2D eigenvalue weighted by Crippen LogP contribution is 2.40. The fourth-order valence-electron chi connectivity index (χ4n) is 3.73. The normalized spacial score (nSPS) is 11.5. The Labute approximate surface area is 204 Å². The van der Waals surface area contributed by atoms with Crippen LogP contribution in [0.2, 0.25) is 0 Å². The van der Waals surface area contributed by atoms with Crippen molar-refractivity contribution in [3.05, 3.63) is 76.3 Å². The lowest BCUT2D eigenvalue weighted by Crippen LogP contribution is -2.23. The molecule has 0 fully saturated rings. The number of halogens is 2. The molecule has 4 rings (SSSR count). The number of aromatic nitrogens is 2. The third kappa shape index (κ3) is 4.80. The van der Waals surface area contributed by atoms with E-state index in [-0.39, 0.29) is 34.1 Å². The predicted molar refractivity (Wildman–Crippen MR) is 132 cm³/mol. The number of carbonyl (C=O) groups is 1. The number of H-pyrrole nitrogens is 1. The first-order valence-corrected chi connectivity index (χ1v) is 12.4. The van der Waals surface area contributed by atoms with Crippen molar-refractivity contribution in [1.29, 1.82) is 0 Å². The molecule has 0 aliphatic rings. The fourth-order valence-corrected chi connectivity index (χ4v) is 4.36. The van der Waals surface area contributed by atoms with Crippen molar-refractivity contribution in [3.8, 4) is 22.6 Å². The zero-order chi connectivity index (χ0) is 26.2. The van der Waals surface area contributed by atoms with Gasteiger partial charge in [0.05, 0.1) is 5.75 Å². The first-order valence-electron chi connectivity index (χ1n) is 10.7. The summed E-state index contributed by atoms with van der Waals surface area (Å²) in [5, 5.41) is 2.82. The fraction of sp³-hybridized carbons (Fsp3) is 0.167. The van der Waals surface area contributed by atoms with Crippen LogP contribution in [0.15, 0.2) is 53.5 Å². The van der Waals surface area contributed by atoms with Crippen molar-refractivity contribution in [2.45, 2.75) is 6.92 Å². The molecule has 0 saturated carbocycles. The summed E-state index contributed by atoms with van der Waals surface area (Å²) in [6.07, 6.45) is 1.61. The lowest BCUT2D eigenvalue weighted by Gasteiger charge is -2.14. The van der Waals surface area contributed by atoms with Crippen molar-refractivity contribution in [3.63, 3.8) is 0 Å². The van der Waals surface area contributed by atoms with Crippen molar-refractivity contribution in [1.82, 2.24) is 14.9 Å². The molecule has 4 aromatic rings. The minimum Gasteiger partial charge on any atom is -0.454 e. The summed E-state index contributed by atoms with van der Waals surface area (Å²) >= 11 is 0. The summed E-state index contributed by atoms with van der Waals surface area (Å²) in [7, 11) is -0.576. The molecule has 1 amide bonds. The highest BCUT2D eigenvalue weighted by Gasteiger charge is 2.20. The molecular weight excluding hydrogens is 494 g/mol. The number of anilines is 1. The number of ether oxygens (including phenoxy) is 1. The lowest BCUT2D eigenvalue weighted by atomic mass is 10.0. The molecule has 0 unspecified atom stereocenters. The third-order valence-corrected chi connectivity index (χ3v) is 6.79. The molecule has 2 aromatic heterocycles. The van der Waals surface area contributed by atoms with E-state index in [0.717, 1.165) is 12.1 Å². The molecule has 12 heteroatoms. The highest BCUT2D eigenvalue weighted by molar-refractivity contribution is 7.92. The Balaban J connectivity index is 1.97. The number of fused-ring (bicyclic) bond motifs is 1. The van der Waals surface area contributed by atoms with Gasteiger partial charge in [-0.2, -0.15) is 0 Å². The first kappa shape index (κ1) is 24.9. The second kappa shape index (κ2) is 9.46. The van der Waals surface area contributed by atoms with Crippen LogP contribution in [-0.2, 0) is 17.1 Å². The van der Waals surface area contributed by atoms with Gasteiger partial charge in [0.2, 0.25) is 10.0 Å². The van der Waals surface area contributed by atoms with Crippen molar-refractivity contribution >= 4 is 32.5 Å². The topological polar surface area (TPSA) is 122 Å². The van der Waals surface area contributed by atoms with Gasteiger partial charge in [0.25, 0.3) is 11.5 Å². The summed E-state index contributed by atoms with van der Waals surface area (Å²) in [5.74, 6) is -2.55. The van der Waals surface area contributed by atoms with E-state index in [1.807, 2.05) is 0 Å². The van der Waals surface area contributed by atoms with E-state index in [2.05, 4.69) is 15.0 Å². The third-order valence-electron chi connectivity index (χ3n) is 5.48. The van der Waals surface area contributed by atoms with Crippen molar-refractivity contribution < 1.29 is 26.7 Å². The van der Waals surface area contributed by atoms with Gasteiger partial charge in [-0.05, 0) is 43.3 Å². The number of aromatic amines is 1. The minimum atomic E-state index is -3.63. The highest BCUT2D eigenvalue weighted by atomic mass is 32.2. The van der Waals surface area contributed by atoms with Crippen LogP contribution in [0.4, 0.5) is 14.5 Å². The smallest absolute Gasteiger partial charge is 0.273 e. The van der Waals surface area contributed by atoms with Gasteiger partial charge in [-0.15, -0.1) is 0 Å². The van der Waals surface area contributed by atoms with Crippen LogP contribution in [0.25, 0.3) is 22.0 Å². The Kier molecular flexibility index (Phi) is 6.55. The van der Waals surface area contributed by atoms with Crippen molar-refractivity contribution in [2.75, 3.05) is 17.5 Å². The Bertz CT molecular complexity index is 1660. The van der Waals surface area contributed by atoms with Gasteiger partial charge in [0, 0.05) is 48.6 Å². The molecular formula is C24H22F2N4O5S. The molecule has 2 heterocycles. The van der Waals surface area contributed by atoms with Crippen LogP contribution in [0.3, 0.4) is 0 Å². The zero-order valence-corrected chi connectivity index (χ0v) is 20.3. The van der Waals surface area contributed by atoms with Gasteiger partial charge < -0.3 is 19.6 Å². The average Bonchev–Trinajstić information content (AvgIpc) is 3.17. The number of rotatable bonds is 7. The van der Waals surface area contributed by atoms with Crippen molar-refractivity contribution in [2.24, 2.45) is 7.05 Å². The number of amides is 1. The van der Waals surface area contributed by atoms with E-state index in [1.54, 1.807) is 17.8 Å². The number of benzene rings is 2. The molecule has 2 aromatic carbocycles. The number of hydrogen-bond acceptors (Lipinski definition) is 5. The molecule has 0 aliphatic heterocycles. The van der Waals surface area contributed by atoms with Gasteiger partial charge >= 0.3 is 0 Å². The Morgan fingerprint density at radius 3 is 2.47 bits per heavy atom. The van der Waals surface area contributed by atoms with E-state index < -0.39 is 33.1 Å². The maximum absolute atomic E-state index is 14.4. The quantitative estimate of drug-likeness (QED) is 0.346. The summed E-state index contributed by atoms with van der Waals surface area (Å²) in [6.45, 7) is 1.48. The molecule has 0 radical (unpaired) electrons. The van der Waals surface area contributed by atoms with Crippen LogP contribution in [-0.4, -0.2) is 36.7 Å². The first-order chi connectivity index (χ1) is 17.0. The van der Waals surface area contributed by atoms with Gasteiger partial charge in [0.1, 0.15) is 22.8 Å². The Morgan fingerprint density at radius 1 is 1.08 bits per heavy atom. The molecule has 36 heavy (non-hydrogen) atoms. The van der Waals surface area contributed by atoms with Gasteiger partial charge in [-0.25, -0.2) is 17.2 Å². The second-order valence-corrected chi connectivity index (χ2v) is 9.91. The van der Waals surface area contributed by atoms with Gasteiger partial charge in [0.15, 0.2) is 11.6 Å². The van der Waals surface area contributed by atoms with Crippen LogP contribution < -0.4 is 20.3 Å². The number of aryl methyl sites for hydroxylation is 1. The largest absolute Gasteiger partial charge is 0.454 e. The predicted octanol–water partition coefficient (Wildman–Crippen LogP) is 3.73. The van der Waals surface area contributed by atoms with Crippen LogP contribution >= 0.6 is 0 Å². The monoisotopic (exact) mass is 516 g/mol. The Morgan fingerprint density at radius 2 is 1.81 bits per heavy atom. The van der Waals surface area contributed by atoms with E-state index in [0.29, 0.717) is 22.6 Å².